The molecule has 0 amide bonds. The molecule has 0 aliphatic carbocycles. The van der Waals surface area contributed by atoms with Crippen molar-refractivity contribution in [2.45, 2.75) is 11.2 Å². The van der Waals surface area contributed by atoms with Gasteiger partial charge in [-0.05, 0) is 41.8 Å². The zero-order valence-corrected chi connectivity index (χ0v) is 12.8. The maximum atomic E-state index is 6.22. The van der Waals surface area contributed by atoms with Gasteiger partial charge in [0.1, 0.15) is 0 Å². The zero-order valence-electron chi connectivity index (χ0n) is 8.91. The van der Waals surface area contributed by atoms with Crippen LogP contribution in [0.2, 0.25) is 5.02 Å². The van der Waals surface area contributed by atoms with Gasteiger partial charge in [0.25, 0.3) is 0 Å². The average Bonchev–Trinajstić information content (AvgIpc) is 2.30. The van der Waals surface area contributed by atoms with Crippen molar-refractivity contribution in [1.82, 2.24) is 4.98 Å². The molecule has 1 aromatic heterocycles. The molecule has 88 valence electrons. The molecule has 2 aromatic rings. The van der Waals surface area contributed by atoms with Gasteiger partial charge in [-0.15, -0.1) is 0 Å². The molecule has 0 radical (unpaired) electrons. The first-order valence-corrected chi connectivity index (χ1v) is 7.23. The molecule has 0 spiro atoms. The molecule has 1 aromatic carbocycles. The maximum absolute atomic E-state index is 6.22. The van der Waals surface area contributed by atoms with Gasteiger partial charge in [-0.2, -0.15) is 0 Å². The second-order valence-corrected chi connectivity index (χ2v) is 6.12. The number of pyridine rings is 1. The summed E-state index contributed by atoms with van der Waals surface area (Å²) in [6.07, 6.45) is 4.50. The van der Waals surface area contributed by atoms with E-state index in [1.165, 1.54) is 5.56 Å². The lowest BCUT2D eigenvalue weighted by atomic mass is 10.1. The van der Waals surface area contributed by atoms with Crippen LogP contribution in [0.25, 0.3) is 0 Å². The summed E-state index contributed by atoms with van der Waals surface area (Å²) in [5.41, 5.74) is 2.34. The second-order valence-electron chi connectivity index (χ2n) is 3.69. The van der Waals surface area contributed by atoms with E-state index in [1.54, 1.807) is 12.4 Å². The van der Waals surface area contributed by atoms with E-state index >= 15 is 0 Å². The summed E-state index contributed by atoms with van der Waals surface area (Å²) in [5, 5.41) is 0.773. The molecule has 0 saturated carbocycles. The number of hydrogen-bond donors (Lipinski definition) is 0. The van der Waals surface area contributed by atoms with Gasteiger partial charge in [0.2, 0.25) is 0 Å². The van der Waals surface area contributed by atoms with E-state index in [1.807, 2.05) is 30.3 Å². The van der Waals surface area contributed by atoms with Crippen molar-refractivity contribution in [2.75, 3.05) is 0 Å². The summed E-state index contributed by atoms with van der Waals surface area (Å²) in [6, 6.07) is 9.98. The number of nitrogens with zero attached hydrogens (tertiary/aromatic N) is 1. The SMILES string of the molecule is Clc1cc(Br)ccc1C(Br)Cc1ccncc1. The van der Waals surface area contributed by atoms with E-state index in [4.69, 9.17) is 11.6 Å². The first kappa shape index (κ1) is 13.1. The second kappa shape index (κ2) is 5.98. The molecule has 0 bridgehead atoms. The third kappa shape index (κ3) is 3.54. The highest BCUT2D eigenvalue weighted by Crippen LogP contribution is 2.33. The number of halogens is 3. The molecule has 4 heteroatoms. The van der Waals surface area contributed by atoms with Gasteiger partial charge in [-0.25, -0.2) is 0 Å². The van der Waals surface area contributed by atoms with Gasteiger partial charge in [0.15, 0.2) is 0 Å². The maximum Gasteiger partial charge on any atom is 0.0460 e. The number of alkyl halides is 1. The van der Waals surface area contributed by atoms with E-state index in [0.29, 0.717) is 0 Å². The highest BCUT2D eigenvalue weighted by atomic mass is 79.9. The molecule has 0 saturated heterocycles. The summed E-state index contributed by atoms with van der Waals surface area (Å²) in [6.45, 7) is 0. The minimum Gasteiger partial charge on any atom is -0.265 e. The van der Waals surface area contributed by atoms with E-state index in [-0.39, 0.29) is 4.83 Å². The van der Waals surface area contributed by atoms with Gasteiger partial charge < -0.3 is 0 Å². The van der Waals surface area contributed by atoms with E-state index in [9.17, 15) is 0 Å². The molecule has 0 aliphatic rings. The lowest BCUT2D eigenvalue weighted by Crippen LogP contribution is -1.96. The minimum absolute atomic E-state index is 0.213. The van der Waals surface area contributed by atoms with Crippen LogP contribution in [0.1, 0.15) is 16.0 Å². The highest BCUT2D eigenvalue weighted by Gasteiger charge is 2.12. The Morgan fingerprint density at radius 2 is 1.88 bits per heavy atom. The Bertz CT molecular complexity index is 502. The Balaban J connectivity index is 2.17. The standard InChI is InChI=1S/C13H10Br2ClN/c14-10-1-2-11(13(16)8-10)12(15)7-9-3-5-17-6-4-9/h1-6,8,12H,7H2. The Morgan fingerprint density at radius 3 is 2.53 bits per heavy atom. The third-order valence-corrected chi connectivity index (χ3v) is 4.10. The lowest BCUT2D eigenvalue weighted by Gasteiger charge is -2.12. The molecule has 0 aliphatic heterocycles. The molecule has 1 nitrogen and oxygen atoms in total. The quantitative estimate of drug-likeness (QED) is 0.674. The van der Waals surface area contributed by atoms with Crippen LogP contribution in [0.4, 0.5) is 0 Å². The van der Waals surface area contributed by atoms with Crippen LogP contribution in [-0.4, -0.2) is 4.98 Å². The molecule has 2 rings (SSSR count). The van der Waals surface area contributed by atoms with Crippen LogP contribution in [0.3, 0.4) is 0 Å². The molecule has 1 unspecified atom stereocenters. The van der Waals surface area contributed by atoms with Crippen LogP contribution in [0.15, 0.2) is 47.2 Å². The summed E-state index contributed by atoms with van der Waals surface area (Å²) < 4.78 is 0.995. The first-order chi connectivity index (χ1) is 8.16. The van der Waals surface area contributed by atoms with Crippen LogP contribution in [-0.2, 0) is 6.42 Å². The molecule has 17 heavy (non-hydrogen) atoms. The van der Waals surface area contributed by atoms with Crippen molar-refractivity contribution in [1.29, 1.82) is 0 Å². The fraction of sp³-hybridized carbons (Fsp3) is 0.154. The predicted octanol–water partition coefficient (Wildman–Crippen LogP) is 5.18. The van der Waals surface area contributed by atoms with Crippen molar-refractivity contribution >= 4 is 43.5 Å². The van der Waals surface area contributed by atoms with Gasteiger partial charge in [-0.1, -0.05) is 49.5 Å². The fourth-order valence-electron chi connectivity index (χ4n) is 1.59. The molecule has 1 heterocycles. The van der Waals surface area contributed by atoms with Crippen LogP contribution in [0.5, 0.6) is 0 Å². The Labute approximate surface area is 122 Å². The van der Waals surface area contributed by atoms with Crippen LogP contribution < -0.4 is 0 Å². The van der Waals surface area contributed by atoms with Gasteiger partial charge >= 0.3 is 0 Å². The van der Waals surface area contributed by atoms with Crippen molar-refractivity contribution in [3.63, 3.8) is 0 Å². The number of hydrogen-bond acceptors (Lipinski definition) is 1. The van der Waals surface area contributed by atoms with Crippen LogP contribution in [0, 0.1) is 0 Å². The molecule has 1 atom stereocenters. The van der Waals surface area contributed by atoms with E-state index < -0.39 is 0 Å². The number of aromatic nitrogens is 1. The van der Waals surface area contributed by atoms with Gasteiger partial charge in [0.05, 0.1) is 0 Å². The normalized spacial score (nSPS) is 12.4. The fourth-order valence-corrected chi connectivity index (χ4v) is 3.30. The van der Waals surface area contributed by atoms with E-state index in [2.05, 4.69) is 36.8 Å². The van der Waals surface area contributed by atoms with E-state index in [0.717, 1.165) is 21.5 Å². The van der Waals surface area contributed by atoms with Crippen molar-refractivity contribution in [3.05, 3.63) is 63.3 Å². The molecular weight excluding hydrogens is 365 g/mol. The Morgan fingerprint density at radius 1 is 1.18 bits per heavy atom. The third-order valence-electron chi connectivity index (χ3n) is 2.46. The Hall–Kier alpha value is -0.380. The molecule has 0 N–H and O–H groups in total. The largest absolute Gasteiger partial charge is 0.265 e. The molecule has 0 fully saturated rings. The monoisotopic (exact) mass is 373 g/mol. The summed E-state index contributed by atoms with van der Waals surface area (Å²) in [7, 11) is 0. The van der Waals surface area contributed by atoms with Gasteiger partial charge in [-0.3, -0.25) is 4.98 Å². The van der Waals surface area contributed by atoms with Crippen molar-refractivity contribution in [2.24, 2.45) is 0 Å². The summed E-state index contributed by atoms with van der Waals surface area (Å²) in [4.78, 5) is 4.22. The van der Waals surface area contributed by atoms with Crippen LogP contribution >= 0.6 is 43.5 Å². The summed E-state index contributed by atoms with van der Waals surface area (Å²) >= 11 is 13.3. The molecular formula is C13H10Br2ClN. The van der Waals surface area contributed by atoms with Crippen molar-refractivity contribution in [3.8, 4) is 0 Å². The predicted molar refractivity (Wildman–Crippen MR) is 78.8 cm³/mol. The smallest absolute Gasteiger partial charge is 0.0460 e. The summed E-state index contributed by atoms with van der Waals surface area (Å²) in [5.74, 6) is 0. The van der Waals surface area contributed by atoms with Gasteiger partial charge in [0, 0.05) is 26.7 Å². The first-order valence-electron chi connectivity index (χ1n) is 5.15. The Kier molecular flexibility index (Phi) is 4.60. The topological polar surface area (TPSA) is 12.9 Å². The number of benzene rings is 1. The zero-order chi connectivity index (χ0) is 12.3. The average molecular weight is 375 g/mol. The number of rotatable bonds is 3. The minimum atomic E-state index is 0.213. The lowest BCUT2D eigenvalue weighted by molar-refractivity contribution is 0.944. The van der Waals surface area contributed by atoms with Crippen molar-refractivity contribution < 1.29 is 0 Å². The highest BCUT2D eigenvalue weighted by molar-refractivity contribution is 9.10.